The zero-order valence-electron chi connectivity index (χ0n) is 12.4. The number of hydrogen-bond donors (Lipinski definition) is 1. The molecule has 1 N–H and O–H groups in total. The topological polar surface area (TPSA) is 12.0 Å². The molecule has 1 aliphatic rings. The summed E-state index contributed by atoms with van der Waals surface area (Å²) in [6.07, 6.45) is 12.8. The molecule has 0 aromatic rings. The van der Waals surface area contributed by atoms with E-state index in [1.54, 1.807) is 0 Å². The normalized spacial score (nSPS) is 21.4. The molecule has 1 unspecified atom stereocenters. The van der Waals surface area contributed by atoms with Crippen LogP contribution in [0.2, 0.25) is 0 Å². The van der Waals surface area contributed by atoms with Gasteiger partial charge in [-0.25, -0.2) is 0 Å². The Morgan fingerprint density at radius 2 is 1.76 bits per heavy atom. The van der Waals surface area contributed by atoms with Crippen molar-refractivity contribution in [3.8, 4) is 0 Å². The van der Waals surface area contributed by atoms with E-state index in [4.69, 9.17) is 0 Å². The minimum atomic E-state index is 0.641. The van der Waals surface area contributed by atoms with Gasteiger partial charge in [0.1, 0.15) is 0 Å². The van der Waals surface area contributed by atoms with Crippen LogP contribution in [0.4, 0.5) is 0 Å². The fourth-order valence-corrected chi connectivity index (χ4v) is 3.62. The molecule has 0 saturated heterocycles. The van der Waals surface area contributed by atoms with Gasteiger partial charge in [-0.2, -0.15) is 0 Å². The second-order valence-corrected chi connectivity index (χ2v) is 6.34. The highest BCUT2D eigenvalue weighted by Crippen LogP contribution is 2.41. The second-order valence-electron chi connectivity index (χ2n) is 6.34. The lowest BCUT2D eigenvalue weighted by atomic mass is 9.68. The summed E-state index contributed by atoms with van der Waals surface area (Å²) in [6.45, 7) is 9.51. The molecule has 1 saturated carbocycles. The van der Waals surface area contributed by atoms with Crippen molar-refractivity contribution >= 4 is 0 Å². The van der Waals surface area contributed by atoms with Crippen LogP contribution in [-0.4, -0.2) is 13.1 Å². The van der Waals surface area contributed by atoms with Crippen molar-refractivity contribution in [2.45, 2.75) is 78.6 Å². The molecule has 0 spiro atoms. The van der Waals surface area contributed by atoms with Crippen molar-refractivity contribution < 1.29 is 0 Å². The highest BCUT2D eigenvalue weighted by Gasteiger charge is 2.32. The quantitative estimate of drug-likeness (QED) is 0.602. The van der Waals surface area contributed by atoms with Crippen molar-refractivity contribution in [2.24, 2.45) is 11.3 Å². The summed E-state index contributed by atoms with van der Waals surface area (Å²) >= 11 is 0. The van der Waals surface area contributed by atoms with Gasteiger partial charge >= 0.3 is 0 Å². The predicted octanol–water partition coefficient (Wildman–Crippen LogP) is 4.76. The summed E-state index contributed by atoms with van der Waals surface area (Å²) < 4.78 is 0. The third-order valence-electron chi connectivity index (χ3n) is 4.40. The molecule has 0 bridgehead atoms. The third-order valence-corrected chi connectivity index (χ3v) is 4.40. The molecule has 0 amide bonds. The Balaban J connectivity index is 2.45. The first-order valence-corrected chi connectivity index (χ1v) is 7.93. The van der Waals surface area contributed by atoms with Crippen LogP contribution >= 0.6 is 0 Å². The molecule has 1 atom stereocenters. The van der Waals surface area contributed by atoms with Crippen LogP contribution in [0.5, 0.6) is 0 Å². The molecule has 17 heavy (non-hydrogen) atoms. The van der Waals surface area contributed by atoms with Gasteiger partial charge in [-0.15, -0.1) is 0 Å². The standard InChI is InChI=1S/C16H33N/c1-4-9-15(3)13-16(14-17-12-5-2)10-7-6-8-11-16/h15,17H,4-14H2,1-3H3. The number of hydrogen-bond acceptors (Lipinski definition) is 1. The monoisotopic (exact) mass is 239 g/mol. The van der Waals surface area contributed by atoms with E-state index in [1.165, 1.54) is 70.9 Å². The molecule has 0 aromatic heterocycles. The van der Waals surface area contributed by atoms with Crippen LogP contribution in [-0.2, 0) is 0 Å². The van der Waals surface area contributed by atoms with Crippen LogP contribution in [0, 0.1) is 11.3 Å². The highest BCUT2D eigenvalue weighted by atomic mass is 14.9. The van der Waals surface area contributed by atoms with Gasteiger partial charge in [-0.3, -0.25) is 0 Å². The molecule has 0 heterocycles. The molecule has 1 rings (SSSR count). The molecule has 0 radical (unpaired) electrons. The summed E-state index contributed by atoms with van der Waals surface area (Å²) in [4.78, 5) is 0. The third kappa shape index (κ3) is 5.42. The number of nitrogens with one attached hydrogen (secondary N) is 1. The van der Waals surface area contributed by atoms with E-state index < -0.39 is 0 Å². The van der Waals surface area contributed by atoms with Crippen LogP contribution in [0.1, 0.15) is 78.6 Å². The van der Waals surface area contributed by atoms with E-state index in [2.05, 4.69) is 26.1 Å². The van der Waals surface area contributed by atoms with Crippen molar-refractivity contribution in [1.82, 2.24) is 5.32 Å². The van der Waals surface area contributed by atoms with E-state index in [9.17, 15) is 0 Å². The second kappa shape index (κ2) is 8.13. The van der Waals surface area contributed by atoms with Gasteiger partial charge in [0.15, 0.2) is 0 Å². The molecule has 1 fully saturated rings. The van der Waals surface area contributed by atoms with Gasteiger partial charge in [0.25, 0.3) is 0 Å². The van der Waals surface area contributed by atoms with E-state index in [1.807, 2.05) is 0 Å². The predicted molar refractivity (Wildman–Crippen MR) is 77.4 cm³/mol. The van der Waals surface area contributed by atoms with Gasteiger partial charge in [0.05, 0.1) is 0 Å². The van der Waals surface area contributed by atoms with Crippen LogP contribution in [0.3, 0.4) is 0 Å². The summed E-state index contributed by atoms with van der Waals surface area (Å²) in [6, 6.07) is 0. The molecule has 0 aromatic carbocycles. The van der Waals surface area contributed by atoms with E-state index >= 15 is 0 Å². The maximum Gasteiger partial charge on any atom is 0.000790 e. The Bertz CT molecular complexity index is 182. The Hall–Kier alpha value is -0.0400. The summed E-state index contributed by atoms with van der Waals surface area (Å²) in [5, 5.41) is 3.69. The van der Waals surface area contributed by atoms with Crippen LogP contribution in [0.25, 0.3) is 0 Å². The molecular formula is C16H33N. The molecule has 102 valence electrons. The summed E-state index contributed by atoms with van der Waals surface area (Å²) in [5.74, 6) is 0.918. The largest absolute Gasteiger partial charge is 0.316 e. The van der Waals surface area contributed by atoms with Gasteiger partial charge in [-0.05, 0) is 43.6 Å². The maximum absolute atomic E-state index is 3.69. The van der Waals surface area contributed by atoms with Crippen LogP contribution < -0.4 is 5.32 Å². The lowest BCUT2D eigenvalue weighted by Gasteiger charge is -2.39. The molecular weight excluding hydrogens is 206 g/mol. The zero-order chi connectivity index (χ0) is 12.6. The minimum Gasteiger partial charge on any atom is -0.316 e. The first-order chi connectivity index (χ1) is 8.22. The fourth-order valence-electron chi connectivity index (χ4n) is 3.62. The van der Waals surface area contributed by atoms with Crippen molar-refractivity contribution in [2.75, 3.05) is 13.1 Å². The number of rotatable bonds is 8. The average molecular weight is 239 g/mol. The van der Waals surface area contributed by atoms with Gasteiger partial charge < -0.3 is 5.32 Å². The summed E-state index contributed by atoms with van der Waals surface area (Å²) in [5.41, 5.74) is 0.641. The van der Waals surface area contributed by atoms with E-state index in [-0.39, 0.29) is 0 Å². The SMILES string of the molecule is CCCNCC1(CC(C)CCC)CCCCC1. The van der Waals surface area contributed by atoms with E-state index in [0.717, 1.165) is 5.92 Å². The molecule has 1 heteroatoms. The maximum atomic E-state index is 3.69. The zero-order valence-corrected chi connectivity index (χ0v) is 12.4. The van der Waals surface area contributed by atoms with E-state index in [0.29, 0.717) is 5.41 Å². The average Bonchev–Trinajstić information content (AvgIpc) is 2.30. The lowest BCUT2D eigenvalue weighted by molar-refractivity contribution is 0.138. The Morgan fingerprint density at radius 3 is 2.35 bits per heavy atom. The van der Waals surface area contributed by atoms with Gasteiger partial charge in [-0.1, -0.05) is 52.9 Å². The first kappa shape index (κ1) is 15.0. The van der Waals surface area contributed by atoms with Gasteiger partial charge in [0.2, 0.25) is 0 Å². The smallest absolute Gasteiger partial charge is 0.000790 e. The molecule has 1 aliphatic carbocycles. The van der Waals surface area contributed by atoms with Crippen molar-refractivity contribution in [1.29, 1.82) is 0 Å². The molecule has 0 aliphatic heterocycles. The molecule has 1 nitrogen and oxygen atoms in total. The highest BCUT2D eigenvalue weighted by molar-refractivity contribution is 4.86. The summed E-state index contributed by atoms with van der Waals surface area (Å²) in [7, 11) is 0. The van der Waals surface area contributed by atoms with Crippen molar-refractivity contribution in [3.05, 3.63) is 0 Å². The Morgan fingerprint density at radius 1 is 1.06 bits per heavy atom. The Labute approximate surface area is 109 Å². The van der Waals surface area contributed by atoms with Crippen molar-refractivity contribution in [3.63, 3.8) is 0 Å². The Kier molecular flexibility index (Phi) is 7.18. The lowest BCUT2D eigenvalue weighted by Crippen LogP contribution is -2.37. The fraction of sp³-hybridized carbons (Fsp3) is 1.00. The minimum absolute atomic E-state index is 0.641. The van der Waals surface area contributed by atoms with Gasteiger partial charge in [0, 0.05) is 6.54 Å². The first-order valence-electron chi connectivity index (χ1n) is 7.93. The van der Waals surface area contributed by atoms with Crippen LogP contribution in [0.15, 0.2) is 0 Å².